The number of halogens is 2. The fraction of sp³-hybridized carbons (Fsp3) is 0.118. The van der Waals surface area contributed by atoms with Crippen LogP contribution < -0.4 is 0 Å². The van der Waals surface area contributed by atoms with E-state index in [0.29, 0.717) is 42.9 Å². The molecule has 0 spiro atoms. The SMILES string of the molecule is C=CCN1C(=O)/C(=C/c2c(C)nn(-c3ccccc3Cl)c2Cl)SC1=S. The lowest BCUT2D eigenvalue weighted by Gasteiger charge is -2.10. The van der Waals surface area contributed by atoms with Gasteiger partial charge >= 0.3 is 0 Å². The molecule has 1 aromatic heterocycles. The molecular formula is C17H13Cl2N3OS2. The number of benzene rings is 1. The highest BCUT2D eigenvalue weighted by Crippen LogP contribution is 2.35. The van der Waals surface area contributed by atoms with Gasteiger partial charge in [0.15, 0.2) is 0 Å². The van der Waals surface area contributed by atoms with Crippen molar-refractivity contribution in [2.24, 2.45) is 0 Å². The first kappa shape index (κ1) is 18.2. The van der Waals surface area contributed by atoms with Gasteiger partial charge < -0.3 is 0 Å². The maximum absolute atomic E-state index is 12.5. The van der Waals surface area contributed by atoms with Gasteiger partial charge in [-0.3, -0.25) is 9.69 Å². The Morgan fingerprint density at radius 1 is 1.36 bits per heavy atom. The number of thiocarbonyl (C=S) groups is 1. The van der Waals surface area contributed by atoms with E-state index in [-0.39, 0.29) is 5.91 Å². The highest BCUT2D eigenvalue weighted by molar-refractivity contribution is 8.26. The number of aromatic nitrogens is 2. The molecule has 1 aliphatic heterocycles. The van der Waals surface area contributed by atoms with Gasteiger partial charge in [0.05, 0.1) is 21.3 Å². The third kappa shape index (κ3) is 3.40. The highest BCUT2D eigenvalue weighted by Gasteiger charge is 2.31. The van der Waals surface area contributed by atoms with Crippen molar-refractivity contribution >= 4 is 63.5 Å². The van der Waals surface area contributed by atoms with Crippen LogP contribution >= 0.6 is 47.2 Å². The zero-order valence-electron chi connectivity index (χ0n) is 13.2. The van der Waals surface area contributed by atoms with Crippen LogP contribution in [0.25, 0.3) is 11.8 Å². The van der Waals surface area contributed by atoms with E-state index in [1.165, 1.54) is 16.7 Å². The Morgan fingerprint density at radius 3 is 2.76 bits per heavy atom. The summed E-state index contributed by atoms with van der Waals surface area (Å²) in [5.41, 5.74) is 2.04. The van der Waals surface area contributed by atoms with Crippen LogP contribution in [-0.2, 0) is 4.79 Å². The van der Waals surface area contributed by atoms with Crippen molar-refractivity contribution in [2.75, 3.05) is 6.54 Å². The molecule has 1 amide bonds. The molecule has 0 saturated carbocycles. The summed E-state index contributed by atoms with van der Waals surface area (Å²) in [6.07, 6.45) is 3.36. The fourth-order valence-corrected chi connectivity index (χ4v) is 4.17. The second-order valence-corrected chi connectivity index (χ2v) is 7.68. The van der Waals surface area contributed by atoms with Gasteiger partial charge in [-0.25, -0.2) is 4.68 Å². The molecule has 0 atom stereocenters. The highest BCUT2D eigenvalue weighted by atomic mass is 35.5. The molecule has 0 aliphatic carbocycles. The number of amides is 1. The lowest BCUT2D eigenvalue weighted by atomic mass is 10.2. The molecule has 0 unspecified atom stereocenters. The smallest absolute Gasteiger partial charge is 0.266 e. The second kappa shape index (κ2) is 7.33. The molecule has 2 aromatic rings. The topological polar surface area (TPSA) is 38.1 Å². The van der Waals surface area contributed by atoms with Gasteiger partial charge in [0.25, 0.3) is 5.91 Å². The predicted molar refractivity (Wildman–Crippen MR) is 108 cm³/mol. The molecule has 1 saturated heterocycles. The molecule has 2 heterocycles. The number of hydrogen-bond donors (Lipinski definition) is 0. The van der Waals surface area contributed by atoms with Crippen LogP contribution in [0.4, 0.5) is 0 Å². The zero-order valence-corrected chi connectivity index (χ0v) is 16.3. The zero-order chi connectivity index (χ0) is 18.1. The second-order valence-electron chi connectivity index (χ2n) is 5.23. The molecule has 1 aromatic carbocycles. The fourth-order valence-electron chi connectivity index (χ4n) is 2.38. The van der Waals surface area contributed by atoms with Gasteiger partial charge in [0.1, 0.15) is 9.47 Å². The van der Waals surface area contributed by atoms with Crippen LogP contribution in [0.2, 0.25) is 10.2 Å². The molecule has 8 heteroatoms. The van der Waals surface area contributed by atoms with Gasteiger partial charge in [-0.2, -0.15) is 5.10 Å². The molecular weight excluding hydrogens is 397 g/mol. The summed E-state index contributed by atoms with van der Waals surface area (Å²) >= 11 is 19.2. The Morgan fingerprint density at radius 2 is 2.08 bits per heavy atom. The number of rotatable bonds is 4. The number of para-hydroxylation sites is 1. The lowest BCUT2D eigenvalue weighted by molar-refractivity contribution is -0.121. The molecule has 3 rings (SSSR count). The summed E-state index contributed by atoms with van der Waals surface area (Å²) in [5, 5.41) is 5.38. The molecule has 0 radical (unpaired) electrons. The van der Waals surface area contributed by atoms with E-state index in [4.69, 9.17) is 35.4 Å². The number of carbonyl (C=O) groups excluding carboxylic acids is 1. The molecule has 128 valence electrons. The largest absolute Gasteiger partial charge is 0.289 e. The van der Waals surface area contributed by atoms with Crippen molar-refractivity contribution in [3.63, 3.8) is 0 Å². The van der Waals surface area contributed by atoms with Crippen molar-refractivity contribution in [2.45, 2.75) is 6.92 Å². The van der Waals surface area contributed by atoms with Crippen molar-refractivity contribution in [3.05, 3.63) is 63.3 Å². The number of carbonyl (C=O) groups is 1. The lowest BCUT2D eigenvalue weighted by Crippen LogP contribution is -2.27. The van der Waals surface area contributed by atoms with Crippen molar-refractivity contribution in [3.8, 4) is 5.69 Å². The van der Waals surface area contributed by atoms with E-state index in [2.05, 4.69) is 11.7 Å². The first-order chi connectivity index (χ1) is 11.9. The maximum Gasteiger partial charge on any atom is 0.266 e. The first-order valence-electron chi connectivity index (χ1n) is 7.30. The maximum atomic E-state index is 12.5. The van der Waals surface area contributed by atoms with Crippen LogP contribution in [-0.4, -0.2) is 31.5 Å². The van der Waals surface area contributed by atoms with Crippen LogP contribution in [0.3, 0.4) is 0 Å². The third-order valence-electron chi connectivity index (χ3n) is 3.59. The van der Waals surface area contributed by atoms with Gasteiger partial charge in [-0.15, -0.1) is 6.58 Å². The van der Waals surface area contributed by atoms with Crippen molar-refractivity contribution < 1.29 is 4.79 Å². The van der Waals surface area contributed by atoms with Crippen LogP contribution in [0, 0.1) is 6.92 Å². The minimum atomic E-state index is -0.157. The number of aryl methyl sites for hydroxylation is 1. The van der Waals surface area contributed by atoms with Crippen LogP contribution in [0.15, 0.2) is 41.8 Å². The summed E-state index contributed by atoms with van der Waals surface area (Å²) in [6.45, 7) is 5.86. The van der Waals surface area contributed by atoms with Crippen molar-refractivity contribution in [1.82, 2.24) is 14.7 Å². The Kier molecular flexibility index (Phi) is 5.34. The minimum Gasteiger partial charge on any atom is -0.289 e. The minimum absolute atomic E-state index is 0.157. The van der Waals surface area contributed by atoms with E-state index < -0.39 is 0 Å². The van der Waals surface area contributed by atoms with Gasteiger partial charge in [0, 0.05) is 12.1 Å². The van der Waals surface area contributed by atoms with Crippen molar-refractivity contribution in [1.29, 1.82) is 0 Å². The Hall–Kier alpha value is -1.60. The molecule has 4 nitrogen and oxygen atoms in total. The summed E-state index contributed by atoms with van der Waals surface area (Å²) < 4.78 is 2.07. The first-order valence-corrected chi connectivity index (χ1v) is 9.28. The van der Waals surface area contributed by atoms with E-state index in [1.807, 2.05) is 25.1 Å². The summed E-state index contributed by atoms with van der Waals surface area (Å²) in [7, 11) is 0. The van der Waals surface area contributed by atoms with E-state index >= 15 is 0 Å². The molecule has 0 bridgehead atoms. The molecule has 25 heavy (non-hydrogen) atoms. The van der Waals surface area contributed by atoms with E-state index in [9.17, 15) is 4.79 Å². The Labute approximate surface area is 165 Å². The van der Waals surface area contributed by atoms with Gasteiger partial charge in [-0.1, -0.05) is 65.4 Å². The average Bonchev–Trinajstić information content (AvgIpc) is 3.00. The number of thioether (sulfide) groups is 1. The predicted octanol–water partition coefficient (Wildman–Crippen LogP) is 4.87. The van der Waals surface area contributed by atoms with E-state index in [1.54, 1.807) is 22.9 Å². The molecule has 1 aliphatic rings. The summed E-state index contributed by atoms with van der Waals surface area (Å²) in [4.78, 5) is 14.5. The standard InChI is InChI=1S/C17H13Cl2N3OS2/c1-3-8-21-16(23)14(25-17(21)24)9-11-10(2)20-22(15(11)19)13-7-5-4-6-12(13)18/h3-7,9H,1,8H2,2H3/b14-9-. The van der Waals surface area contributed by atoms with Gasteiger partial charge in [0.2, 0.25) is 0 Å². The quantitative estimate of drug-likeness (QED) is 0.409. The van der Waals surface area contributed by atoms with Gasteiger partial charge in [-0.05, 0) is 25.1 Å². The Balaban J connectivity index is 2.03. The normalized spacial score (nSPS) is 16.1. The summed E-state index contributed by atoms with van der Waals surface area (Å²) in [5.74, 6) is -0.157. The monoisotopic (exact) mass is 409 g/mol. The number of nitrogens with zero attached hydrogens (tertiary/aromatic N) is 3. The molecule has 1 fully saturated rings. The average molecular weight is 410 g/mol. The summed E-state index contributed by atoms with van der Waals surface area (Å²) in [6, 6.07) is 7.29. The van der Waals surface area contributed by atoms with Crippen LogP contribution in [0.1, 0.15) is 11.3 Å². The van der Waals surface area contributed by atoms with E-state index in [0.717, 1.165) is 0 Å². The van der Waals surface area contributed by atoms with Crippen LogP contribution in [0.5, 0.6) is 0 Å². The third-order valence-corrected chi connectivity index (χ3v) is 5.65. The number of hydrogen-bond acceptors (Lipinski definition) is 4. The Bertz CT molecular complexity index is 921. The molecule has 0 N–H and O–H groups in total.